The maximum atomic E-state index is 13.3. The normalized spacial score (nSPS) is 20.2. The first-order valence-corrected chi connectivity index (χ1v) is 10.7. The molecule has 7 heteroatoms. The Hall–Kier alpha value is -2.96. The minimum atomic E-state index is -0.756. The first-order chi connectivity index (χ1) is 14.7. The fourth-order valence-electron chi connectivity index (χ4n) is 4.20. The fourth-order valence-corrected chi connectivity index (χ4v) is 4.20. The highest BCUT2D eigenvalue weighted by molar-refractivity contribution is 6.03. The molecule has 2 aliphatic rings. The zero-order valence-electron chi connectivity index (χ0n) is 18.9. The third-order valence-electron chi connectivity index (χ3n) is 5.35. The van der Waals surface area contributed by atoms with E-state index in [0.717, 1.165) is 0 Å². The molecule has 0 saturated heterocycles. The number of esters is 1. The van der Waals surface area contributed by atoms with E-state index in [1.165, 1.54) is 0 Å². The van der Waals surface area contributed by atoms with Crippen molar-refractivity contribution in [2.45, 2.75) is 53.4 Å². The van der Waals surface area contributed by atoms with E-state index in [4.69, 9.17) is 24.7 Å². The molecule has 31 heavy (non-hydrogen) atoms. The Morgan fingerprint density at radius 2 is 1.84 bits per heavy atom. The number of ketones is 1. The molecule has 0 amide bonds. The number of hydrogen-bond acceptors (Lipinski definition) is 7. The predicted molar refractivity (Wildman–Crippen MR) is 116 cm³/mol. The molecule has 168 valence electrons. The molecule has 7 nitrogen and oxygen atoms in total. The van der Waals surface area contributed by atoms with Crippen LogP contribution in [0.2, 0.25) is 0 Å². The Labute approximate surface area is 183 Å². The number of nitrogens with two attached hydrogens (primary N) is 1. The van der Waals surface area contributed by atoms with E-state index in [0.29, 0.717) is 54.5 Å². The van der Waals surface area contributed by atoms with E-state index < -0.39 is 11.9 Å². The third-order valence-corrected chi connectivity index (χ3v) is 5.35. The smallest absolute Gasteiger partial charge is 0.340 e. The number of Topliss-reactive ketones (excluding diaryl/α,β-unsaturated/α-hetero) is 1. The van der Waals surface area contributed by atoms with Crippen LogP contribution in [0, 0.1) is 5.41 Å². The van der Waals surface area contributed by atoms with Gasteiger partial charge in [0.25, 0.3) is 0 Å². The van der Waals surface area contributed by atoms with Crippen molar-refractivity contribution in [1.29, 1.82) is 0 Å². The molecular formula is C24H31NO6. The highest BCUT2D eigenvalue weighted by atomic mass is 16.5. The molecule has 0 fully saturated rings. The zero-order valence-corrected chi connectivity index (χ0v) is 18.9. The molecule has 0 bridgehead atoms. The van der Waals surface area contributed by atoms with E-state index in [9.17, 15) is 9.59 Å². The first-order valence-electron chi connectivity index (χ1n) is 10.7. The van der Waals surface area contributed by atoms with Crippen molar-refractivity contribution in [2.75, 3.05) is 19.8 Å². The molecule has 0 radical (unpaired) electrons. The number of hydrogen-bond donors (Lipinski definition) is 1. The van der Waals surface area contributed by atoms with Gasteiger partial charge < -0.3 is 24.7 Å². The lowest BCUT2D eigenvalue weighted by atomic mass is 9.70. The predicted octanol–water partition coefficient (Wildman–Crippen LogP) is 3.97. The van der Waals surface area contributed by atoms with E-state index in [2.05, 4.69) is 0 Å². The summed E-state index contributed by atoms with van der Waals surface area (Å²) in [5, 5.41) is 0. The van der Waals surface area contributed by atoms with Gasteiger partial charge in [-0.2, -0.15) is 0 Å². The lowest BCUT2D eigenvalue weighted by molar-refractivity contribution is -0.139. The van der Waals surface area contributed by atoms with E-state index in [-0.39, 0.29) is 29.3 Å². The van der Waals surface area contributed by atoms with Gasteiger partial charge >= 0.3 is 5.97 Å². The van der Waals surface area contributed by atoms with Gasteiger partial charge in [-0.25, -0.2) is 4.79 Å². The number of rotatable bonds is 7. The largest absolute Gasteiger partial charge is 0.494 e. The molecular weight excluding hydrogens is 398 g/mol. The van der Waals surface area contributed by atoms with Gasteiger partial charge in [0, 0.05) is 24.0 Å². The number of allylic oxidation sites excluding steroid dienone is 2. The average molecular weight is 430 g/mol. The third kappa shape index (κ3) is 4.55. The number of carbonyl (C=O) groups excluding carboxylic acids is 2. The molecule has 2 N–H and O–H groups in total. The second-order valence-corrected chi connectivity index (χ2v) is 8.38. The van der Waals surface area contributed by atoms with Crippen molar-refractivity contribution >= 4 is 11.8 Å². The number of carbonyl (C=O) groups is 2. The molecule has 1 aliphatic carbocycles. The van der Waals surface area contributed by atoms with Gasteiger partial charge in [-0.3, -0.25) is 4.79 Å². The minimum absolute atomic E-state index is 0.0445. The summed E-state index contributed by atoms with van der Waals surface area (Å²) in [6, 6.07) is 5.39. The van der Waals surface area contributed by atoms with Crippen LogP contribution >= 0.6 is 0 Å². The summed E-state index contributed by atoms with van der Waals surface area (Å²) in [4.78, 5) is 26.2. The van der Waals surface area contributed by atoms with Crippen LogP contribution in [0.15, 0.2) is 41.0 Å². The summed E-state index contributed by atoms with van der Waals surface area (Å²) in [5.41, 5.74) is 7.15. The summed E-state index contributed by atoms with van der Waals surface area (Å²) in [6.07, 6.45) is 0.882. The van der Waals surface area contributed by atoms with E-state index in [1.807, 2.05) is 27.7 Å². The number of benzene rings is 1. The Morgan fingerprint density at radius 3 is 2.48 bits per heavy atom. The first kappa shape index (κ1) is 22.7. The van der Waals surface area contributed by atoms with Crippen LogP contribution in [0.3, 0.4) is 0 Å². The van der Waals surface area contributed by atoms with Crippen LogP contribution in [-0.2, 0) is 19.1 Å². The van der Waals surface area contributed by atoms with Crippen LogP contribution < -0.4 is 15.2 Å². The van der Waals surface area contributed by atoms with Crippen LogP contribution in [0.4, 0.5) is 0 Å². The maximum Gasteiger partial charge on any atom is 0.340 e. The van der Waals surface area contributed by atoms with Crippen molar-refractivity contribution in [2.24, 2.45) is 11.1 Å². The van der Waals surface area contributed by atoms with Crippen LogP contribution in [-0.4, -0.2) is 31.6 Å². The van der Waals surface area contributed by atoms with Gasteiger partial charge in [-0.05, 0) is 44.4 Å². The van der Waals surface area contributed by atoms with Crippen LogP contribution in [0.25, 0.3) is 0 Å². The van der Waals surface area contributed by atoms with Crippen molar-refractivity contribution in [3.05, 3.63) is 46.6 Å². The van der Waals surface area contributed by atoms with Crippen LogP contribution in [0.1, 0.15) is 58.9 Å². The zero-order chi connectivity index (χ0) is 22.8. The standard InChI is InChI=1S/C24H31NO6/c1-6-28-14-9-10-17(29-7-2)15(11-14)19-20-16(26)12-24(4,5)13-18(20)31-22(25)21(19)23(27)30-8-3/h9-11,19H,6-8,12-13,25H2,1-5H3. The second-order valence-electron chi connectivity index (χ2n) is 8.38. The summed E-state index contributed by atoms with van der Waals surface area (Å²) < 4.78 is 22.7. The highest BCUT2D eigenvalue weighted by Gasteiger charge is 2.46. The topological polar surface area (TPSA) is 97.1 Å². The summed E-state index contributed by atoms with van der Waals surface area (Å²) >= 11 is 0. The quantitative estimate of drug-likeness (QED) is 0.655. The molecule has 0 aromatic heterocycles. The lowest BCUT2D eigenvalue weighted by Gasteiger charge is -2.38. The Bertz CT molecular complexity index is 943. The Morgan fingerprint density at radius 1 is 1.13 bits per heavy atom. The van der Waals surface area contributed by atoms with E-state index in [1.54, 1.807) is 25.1 Å². The number of ether oxygens (including phenoxy) is 4. The van der Waals surface area contributed by atoms with Gasteiger partial charge in [0.05, 0.1) is 25.7 Å². The van der Waals surface area contributed by atoms with Gasteiger partial charge in [-0.1, -0.05) is 13.8 Å². The fraction of sp³-hybridized carbons (Fsp3) is 0.500. The van der Waals surface area contributed by atoms with Gasteiger partial charge in [0.15, 0.2) is 5.78 Å². The second kappa shape index (κ2) is 9.04. The molecule has 1 heterocycles. The molecule has 1 aromatic rings. The molecule has 1 aromatic carbocycles. The minimum Gasteiger partial charge on any atom is -0.494 e. The monoisotopic (exact) mass is 429 g/mol. The van der Waals surface area contributed by atoms with Gasteiger partial charge in [0.2, 0.25) is 5.88 Å². The summed E-state index contributed by atoms with van der Waals surface area (Å²) in [7, 11) is 0. The summed E-state index contributed by atoms with van der Waals surface area (Å²) in [5.74, 6) is 0.177. The summed E-state index contributed by atoms with van der Waals surface area (Å²) in [6.45, 7) is 10.6. The maximum absolute atomic E-state index is 13.3. The molecule has 3 rings (SSSR count). The van der Waals surface area contributed by atoms with Crippen molar-refractivity contribution in [3.8, 4) is 11.5 Å². The molecule has 0 spiro atoms. The van der Waals surface area contributed by atoms with Crippen molar-refractivity contribution < 1.29 is 28.5 Å². The van der Waals surface area contributed by atoms with Crippen molar-refractivity contribution in [3.63, 3.8) is 0 Å². The lowest BCUT2D eigenvalue weighted by Crippen LogP contribution is -2.36. The molecule has 1 unspecified atom stereocenters. The molecule has 1 aliphatic heterocycles. The SMILES string of the molecule is CCOC(=O)C1=C(N)OC2=C(C(=O)CC(C)(C)C2)C1c1cc(OCC)ccc1OCC. The van der Waals surface area contributed by atoms with Gasteiger partial charge in [-0.15, -0.1) is 0 Å². The Kier molecular flexibility index (Phi) is 6.62. The molecule has 1 atom stereocenters. The van der Waals surface area contributed by atoms with E-state index >= 15 is 0 Å². The van der Waals surface area contributed by atoms with Gasteiger partial charge in [0.1, 0.15) is 22.8 Å². The Balaban J connectivity index is 2.26. The van der Waals surface area contributed by atoms with Crippen molar-refractivity contribution in [1.82, 2.24) is 0 Å². The average Bonchev–Trinajstić information content (AvgIpc) is 2.67. The van der Waals surface area contributed by atoms with Crippen LogP contribution in [0.5, 0.6) is 11.5 Å². The molecule has 0 saturated carbocycles. The highest BCUT2D eigenvalue weighted by Crippen LogP contribution is 2.50.